The zero-order valence-corrected chi connectivity index (χ0v) is 8.34. The van der Waals surface area contributed by atoms with Gasteiger partial charge in [0.25, 0.3) is 0 Å². The predicted molar refractivity (Wildman–Crippen MR) is 52.2 cm³/mol. The third-order valence-corrected chi connectivity index (χ3v) is 2.27. The molecule has 1 heterocycles. The Morgan fingerprint density at radius 1 is 1.31 bits per heavy atom. The van der Waals surface area contributed by atoms with Gasteiger partial charge in [0.2, 0.25) is 0 Å². The first-order valence-corrected chi connectivity index (χ1v) is 5.22. The van der Waals surface area contributed by atoms with E-state index in [0.717, 1.165) is 18.6 Å². The minimum Gasteiger partial charge on any atom is -0.431 e. The van der Waals surface area contributed by atoms with E-state index in [0.29, 0.717) is 6.42 Å². The van der Waals surface area contributed by atoms with Gasteiger partial charge in [-0.1, -0.05) is 32.6 Å². The molecule has 0 unspecified atom stereocenters. The highest BCUT2D eigenvalue weighted by atomic mass is 16.5. The molecule has 2 heteroatoms. The van der Waals surface area contributed by atoms with Gasteiger partial charge in [-0.3, -0.25) is 4.79 Å². The second kappa shape index (κ2) is 5.79. The Morgan fingerprint density at radius 3 is 2.69 bits per heavy atom. The van der Waals surface area contributed by atoms with E-state index in [9.17, 15) is 4.79 Å². The highest BCUT2D eigenvalue weighted by molar-refractivity contribution is 5.75. The SMILES string of the molecule is CCCCCCCC1=CCC(=O)O1. The first kappa shape index (κ1) is 10.3. The lowest BCUT2D eigenvalue weighted by Gasteiger charge is -2.01. The van der Waals surface area contributed by atoms with Gasteiger partial charge < -0.3 is 4.74 Å². The summed E-state index contributed by atoms with van der Waals surface area (Å²) in [5.41, 5.74) is 0. The molecule has 0 aliphatic carbocycles. The van der Waals surface area contributed by atoms with Gasteiger partial charge in [-0.25, -0.2) is 0 Å². The van der Waals surface area contributed by atoms with E-state index in [4.69, 9.17) is 4.74 Å². The molecule has 0 saturated heterocycles. The van der Waals surface area contributed by atoms with Gasteiger partial charge in [-0.15, -0.1) is 0 Å². The van der Waals surface area contributed by atoms with Crippen molar-refractivity contribution < 1.29 is 9.53 Å². The molecule has 0 saturated carbocycles. The maximum Gasteiger partial charge on any atom is 0.314 e. The Kier molecular flexibility index (Phi) is 4.58. The van der Waals surface area contributed by atoms with Crippen LogP contribution >= 0.6 is 0 Å². The first-order chi connectivity index (χ1) is 6.33. The van der Waals surface area contributed by atoms with Crippen LogP contribution in [0.15, 0.2) is 11.8 Å². The van der Waals surface area contributed by atoms with E-state index in [1.54, 1.807) is 0 Å². The molecule has 0 N–H and O–H groups in total. The van der Waals surface area contributed by atoms with Crippen LogP contribution in [0.1, 0.15) is 51.9 Å². The summed E-state index contributed by atoms with van der Waals surface area (Å²) >= 11 is 0. The lowest BCUT2D eigenvalue weighted by Crippen LogP contribution is -1.93. The molecule has 0 bridgehead atoms. The topological polar surface area (TPSA) is 26.3 Å². The predicted octanol–water partition coefficient (Wildman–Crippen LogP) is 3.18. The van der Waals surface area contributed by atoms with Gasteiger partial charge in [-0.05, 0) is 12.5 Å². The number of hydrogen-bond acceptors (Lipinski definition) is 2. The van der Waals surface area contributed by atoms with Gasteiger partial charge in [-0.2, -0.15) is 0 Å². The van der Waals surface area contributed by atoms with Gasteiger partial charge in [0.1, 0.15) is 5.76 Å². The maximum atomic E-state index is 10.7. The first-order valence-electron chi connectivity index (χ1n) is 5.22. The molecule has 0 radical (unpaired) electrons. The second-order valence-corrected chi connectivity index (χ2v) is 3.51. The molecule has 0 atom stereocenters. The summed E-state index contributed by atoms with van der Waals surface area (Å²) in [4.78, 5) is 10.7. The molecule has 74 valence electrons. The van der Waals surface area contributed by atoms with E-state index in [1.165, 1.54) is 25.7 Å². The van der Waals surface area contributed by atoms with Crippen LogP contribution in [0.3, 0.4) is 0 Å². The van der Waals surface area contributed by atoms with E-state index in [2.05, 4.69) is 6.92 Å². The van der Waals surface area contributed by atoms with Crippen molar-refractivity contribution in [2.75, 3.05) is 0 Å². The summed E-state index contributed by atoms with van der Waals surface area (Å²) in [6.45, 7) is 2.21. The van der Waals surface area contributed by atoms with E-state index >= 15 is 0 Å². The van der Waals surface area contributed by atoms with Gasteiger partial charge in [0.15, 0.2) is 0 Å². The number of ether oxygens (including phenoxy) is 1. The van der Waals surface area contributed by atoms with Crippen LogP contribution in [0, 0.1) is 0 Å². The number of unbranched alkanes of at least 4 members (excludes halogenated alkanes) is 4. The minimum absolute atomic E-state index is 0.0939. The molecule has 1 aliphatic heterocycles. The molecule has 0 fully saturated rings. The van der Waals surface area contributed by atoms with Crippen LogP contribution in [0.5, 0.6) is 0 Å². The van der Waals surface area contributed by atoms with E-state index in [-0.39, 0.29) is 5.97 Å². The second-order valence-electron chi connectivity index (χ2n) is 3.51. The monoisotopic (exact) mass is 182 g/mol. The van der Waals surface area contributed by atoms with Gasteiger partial charge in [0.05, 0.1) is 6.42 Å². The quantitative estimate of drug-likeness (QED) is 0.466. The van der Waals surface area contributed by atoms with Gasteiger partial charge in [0, 0.05) is 6.42 Å². The van der Waals surface area contributed by atoms with Crippen molar-refractivity contribution in [3.63, 3.8) is 0 Å². The molecule has 13 heavy (non-hydrogen) atoms. The summed E-state index contributed by atoms with van der Waals surface area (Å²) < 4.78 is 4.99. The summed E-state index contributed by atoms with van der Waals surface area (Å²) in [5.74, 6) is 0.796. The third kappa shape index (κ3) is 4.11. The molecule has 2 nitrogen and oxygen atoms in total. The Bertz CT molecular complexity index is 194. The number of carbonyl (C=O) groups excluding carboxylic acids is 1. The lowest BCUT2D eigenvalue weighted by molar-refractivity contribution is -0.136. The Balaban J connectivity index is 1.97. The number of allylic oxidation sites excluding steroid dienone is 1. The highest BCUT2D eigenvalue weighted by Crippen LogP contribution is 2.17. The van der Waals surface area contributed by atoms with Crippen LogP contribution in [0.25, 0.3) is 0 Å². The molecule has 0 aromatic heterocycles. The van der Waals surface area contributed by atoms with Gasteiger partial charge >= 0.3 is 5.97 Å². The van der Waals surface area contributed by atoms with Crippen molar-refractivity contribution in [2.24, 2.45) is 0 Å². The third-order valence-electron chi connectivity index (χ3n) is 2.27. The maximum absolute atomic E-state index is 10.7. The minimum atomic E-state index is -0.0939. The molecule has 0 aromatic rings. The Hall–Kier alpha value is -0.790. The largest absolute Gasteiger partial charge is 0.431 e. The molecule has 1 aliphatic rings. The zero-order valence-electron chi connectivity index (χ0n) is 8.34. The van der Waals surface area contributed by atoms with Crippen LogP contribution in [-0.4, -0.2) is 5.97 Å². The summed E-state index contributed by atoms with van der Waals surface area (Å²) in [5, 5.41) is 0. The molecular formula is C11H18O2. The Labute approximate surface area is 80.0 Å². The fourth-order valence-corrected chi connectivity index (χ4v) is 1.48. The fraction of sp³-hybridized carbons (Fsp3) is 0.727. The van der Waals surface area contributed by atoms with Crippen molar-refractivity contribution in [3.8, 4) is 0 Å². The lowest BCUT2D eigenvalue weighted by atomic mass is 10.1. The van der Waals surface area contributed by atoms with Crippen LogP contribution in [0.2, 0.25) is 0 Å². The fourth-order valence-electron chi connectivity index (χ4n) is 1.48. The average Bonchev–Trinajstić information content (AvgIpc) is 2.51. The van der Waals surface area contributed by atoms with E-state index < -0.39 is 0 Å². The van der Waals surface area contributed by atoms with Crippen molar-refractivity contribution in [3.05, 3.63) is 11.8 Å². The van der Waals surface area contributed by atoms with Crippen molar-refractivity contribution in [1.29, 1.82) is 0 Å². The van der Waals surface area contributed by atoms with Crippen molar-refractivity contribution >= 4 is 5.97 Å². The summed E-state index contributed by atoms with van der Waals surface area (Å²) in [6, 6.07) is 0. The molecule has 0 aromatic carbocycles. The number of rotatable bonds is 6. The standard InChI is InChI=1S/C11H18O2/c1-2-3-4-5-6-7-10-8-9-11(12)13-10/h8H,2-7,9H2,1H3. The van der Waals surface area contributed by atoms with Crippen molar-refractivity contribution in [2.45, 2.75) is 51.9 Å². The normalized spacial score (nSPS) is 15.8. The zero-order chi connectivity index (χ0) is 9.52. The van der Waals surface area contributed by atoms with E-state index in [1.807, 2.05) is 6.08 Å². The molecule has 1 rings (SSSR count). The summed E-state index contributed by atoms with van der Waals surface area (Å²) in [7, 11) is 0. The van der Waals surface area contributed by atoms with Crippen molar-refractivity contribution in [1.82, 2.24) is 0 Å². The number of hydrogen-bond donors (Lipinski definition) is 0. The highest BCUT2D eigenvalue weighted by Gasteiger charge is 2.12. The van der Waals surface area contributed by atoms with Crippen LogP contribution in [0.4, 0.5) is 0 Å². The molecular weight excluding hydrogens is 164 g/mol. The average molecular weight is 182 g/mol. The van der Waals surface area contributed by atoms with Crippen LogP contribution < -0.4 is 0 Å². The summed E-state index contributed by atoms with van der Waals surface area (Å²) in [6.07, 6.45) is 9.62. The molecule has 0 amide bonds. The number of esters is 1. The number of carbonyl (C=O) groups is 1. The molecule has 0 spiro atoms. The van der Waals surface area contributed by atoms with Crippen LogP contribution in [-0.2, 0) is 9.53 Å². The Morgan fingerprint density at radius 2 is 2.08 bits per heavy atom. The number of cyclic esters (lactones) is 1. The smallest absolute Gasteiger partial charge is 0.314 e.